The first-order valence-electron chi connectivity index (χ1n) is 41.0. The first kappa shape index (κ1) is 96.1. The molecule has 0 aliphatic heterocycles. The van der Waals surface area contributed by atoms with Crippen molar-refractivity contribution in [1.29, 1.82) is 0 Å². The molecule has 3 unspecified atom stereocenters. The van der Waals surface area contributed by atoms with Gasteiger partial charge in [-0.25, -0.2) is 9.13 Å². The van der Waals surface area contributed by atoms with E-state index in [1.807, 2.05) is 0 Å². The van der Waals surface area contributed by atoms with Crippen LogP contribution >= 0.6 is 15.6 Å². The number of ether oxygens (including phenoxy) is 4. The summed E-state index contributed by atoms with van der Waals surface area (Å²) in [5.74, 6) is -0.500. The fourth-order valence-electron chi connectivity index (χ4n) is 12.2. The van der Waals surface area contributed by atoms with Crippen molar-refractivity contribution in [3.05, 3.63) is 0 Å². The van der Waals surface area contributed by atoms with Crippen molar-refractivity contribution >= 4 is 39.5 Å². The van der Waals surface area contributed by atoms with Gasteiger partial charge in [-0.3, -0.25) is 37.3 Å². The van der Waals surface area contributed by atoms with Crippen molar-refractivity contribution in [2.24, 2.45) is 11.8 Å². The summed E-state index contributed by atoms with van der Waals surface area (Å²) >= 11 is 0. The Hall–Kier alpha value is -1.94. The maximum absolute atomic E-state index is 13.1. The van der Waals surface area contributed by atoms with Crippen LogP contribution in [-0.4, -0.2) is 96.7 Å². The molecule has 98 heavy (non-hydrogen) atoms. The lowest BCUT2D eigenvalue weighted by atomic mass is 9.99. The summed E-state index contributed by atoms with van der Waals surface area (Å²) < 4.78 is 68.4. The molecule has 0 fully saturated rings. The van der Waals surface area contributed by atoms with Crippen molar-refractivity contribution in [1.82, 2.24) is 0 Å². The topological polar surface area (TPSA) is 237 Å². The molecule has 0 aliphatic carbocycles. The third kappa shape index (κ3) is 71.1. The quantitative estimate of drug-likeness (QED) is 0.0222. The molecular weight excluding hydrogens is 1280 g/mol. The summed E-state index contributed by atoms with van der Waals surface area (Å²) in [6.07, 6.45) is 60.2. The van der Waals surface area contributed by atoms with Crippen molar-refractivity contribution in [2.75, 3.05) is 39.6 Å². The number of hydrogen-bond donors (Lipinski definition) is 3. The van der Waals surface area contributed by atoms with E-state index >= 15 is 0 Å². The molecule has 0 saturated heterocycles. The molecule has 0 saturated carbocycles. The molecule has 582 valence electrons. The number of phosphoric ester groups is 2. The molecule has 0 amide bonds. The maximum Gasteiger partial charge on any atom is 0.472 e. The molecule has 0 heterocycles. The molecule has 3 N–H and O–H groups in total. The van der Waals surface area contributed by atoms with Gasteiger partial charge in [0.25, 0.3) is 0 Å². The monoisotopic (exact) mass is 1440 g/mol. The van der Waals surface area contributed by atoms with E-state index in [4.69, 9.17) is 37.0 Å². The zero-order chi connectivity index (χ0) is 72.1. The molecule has 6 atom stereocenters. The number of carbonyl (C=O) groups excluding carboxylic acids is 4. The van der Waals surface area contributed by atoms with Crippen molar-refractivity contribution < 1.29 is 80.2 Å². The number of unbranched alkanes of at least 4 members (excludes halogenated alkanes) is 47. The van der Waals surface area contributed by atoms with E-state index in [1.165, 1.54) is 225 Å². The van der Waals surface area contributed by atoms with Gasteiger partial charge < -0.3 is 33.8 Å². The van der Waals surface area contributed by atoms with Gasteiger partial charge in [-0.2, -0.15) is 0 Å². The lowest BCUT2D eigenvalue weighted by molar-refractivity contribution is -0.161. The number of esters is 4. The largest absolute Gasteiger partial charge is 0.472 e. The lowest BCUT2D eigenvalue weighted by Gasteiger charge is -2.21. The average Bonchev–Trinajstić information content (AvgIpc) is 1.02. The number of aliphatic hydroxyl groups is 1. The van der Waals surface area contributed by atoms with Gasteiger partial charge in [0.15, 0.2) is 12.2 Å². The van der Waals surface area contributed by atoms with E-state index in [0.717, 1.165) is 108 Å². The van der Waals surface area contributed by atoms with E-state index in [9.17, 15) is 43.2 Å². The third-order valence-corrected chi connectivity index (χ3v) is 20.7. The molecule has 0 radical (unpaired) electrons. The molecule has 0 bridgehead atoms. The van der Waals surface area contributed by atoms with Crippen LogP contribution < -0.4 is 0 Å². The highest BCUT2D eigenvalue weighted by Crippen LogP contribution is 2.45. The fourth-order valence-corrected chi connectivity index (χ4v) is 13.7. The van der Waals surface area contributed by atoms with Crippen LogP contribution in [0.25, 0.3) is 0 Å². The molecule has 0 spiro atoms. The molecule has 0 rings (SSSR count). The van der Waals surface area contributed by atoms with E-state index in [1.54, 1.807) is 0 Å². The number of phosphoric acid groups is 2. The van der Waals surface area contributed by atoms with Crippen LogP contribution in [0.3, 0.4) is 0 Å². The molecule has 19 heteroatoms. The van der Waals surface area contributed by atoms with Crippen LogP contribution in [-0.2, 0) is 65.4 Å². The number of hydrogen-bond acceptors (Lipinski definition) is 15. The first-order chi connectivity index (χ1) is 47.4. The Morgan fingerprint density at radius 2 is 0.520 bits per heavy atom. The Morgan fingerprint density at radius 1 is 0.296 bits per heavy atom. The molecular formula is C79H154O17P2. The van der Waals surface area contributed by atoms with Gasteiger partial charge >= 0.3 is 39.5 Å². The van der Waals surface area contributed by atoms with Gasteiger partial charge in [0, 0.05) is 25.7 Å². The minimum atomic E-state index is -4.96. The maximum atomic E-state index is 13.1. The van der Waals surface area contributed by atoms with Gasteiger partial charge in [-0.1, -0.05) is 363 Å². The average molecular weight is 1440 g/mol. The predicted molar refractivity (Wildman–Crippen MR) is 400 cm³/mol. The van der Waals surface area contributed by atoms with Gasteiger partial charge in [0.05, 0.1) is 26.4 Å². The zero-order valence-electron chi connectivity index (χ0n) is 64.1. The Morgan fingerprint density at radius 3 is 0.776 bits per heavy atom. The Balaban J connectivity index is 5.12. The van der Waals surface area contributed by atoms with Crippen molar-refractivity contribution in [2.45, 2.75) is 432 Å². The third-order valence-electron chi connectivity index (χ3n) is 18.8. The van der Waals surface area contributed by atoms with Gasteiger partial charge in [-0.05, 0) is 37.5 Å². The molecule has 0 aromatic carbocycles. The van der Waals surface area contributed by atoms with Gasteiger partial charge in [-0.15, -0.1) is 0 Å². The van der Waals surface area contributed by atoms with Gasteiger partial charge in [0.2, 0.25) is 0 Å². The summed E-state index contributed by atoms with van der Waals surface area (Å²) in [5, 5.41) is 10.6. The minimum Gasteiger partial charge on any atom is -0.462 e. The van der Waals surface area contributed by atoms with Crippen LogP contribution in [0.15, 0.2) is 0 Å². The SMILES string of the molecule is CCCCCCCCCCCCCCCCCCCCC(=O)OC[C@H](COP(=O)(O)OC[C@@H](O)COP(=O)(O)OC[C@@H](COC(=O)CCCCCCC)OC(=O)CCCCCCCCCCCCC(C)C)OC(=O)CCCCCCCCCCCCCCCCCCCCC(C)CC. The molecule has 0 aliphatic rings. The second-order valence-corrected chi connectivity index (χ2v) is 32.1. The fraction of sp³-hybridized carbons (Fsp3) is 0.949. The summed E-state index contributed by atoms with van der Waals surface area (Å²) in [6, 6.07) is 0. The van der Waals surface area contributed by atoms with E-state index < -0.39 is 97.5 Å². The van der Waals surface area contributed by atoms with Crippen LogP contribution in [0.1, 0.15) is 414 Å². The second kappa shape index (κ2) is 70.7. The smallest absolute Gasteiger partial charge is 0.462 e. The second-order valence-electron chi connectivity index (χ2n) is 29.2. The lowest BCUT2D eigenvalue weighted by Crippen LogP contribution is -2.30. The van der Waals surface area contributed by atoms with E-state index in [-0.39, 0.29) is 25.7 Å². The molecule has 0 aromatic heterocycles. The normalized spacial score (nSPS) is 14.2. The first-order valence-corrected chi connectivity index (χ1v) is 44.0. The van der Waals surface area contributed by atoms with Crippen LogP contribution in [0.4, 0.5) is 0 Å². The van der Waals surface area contributed by atoms with Crippen LogP contribution in [0, 0.1) is 11.8 Å². The van der Waals surface area contributed by atoms with E-state index in [0.29, 0.717) is 25.7 Å². The standard InChI is InChI=1S/C79H154O17P2/c1-7-10-12-14-15-16-17-18-19-20-24-27-30-33-39-44-50-56-62-77(82)90-68-75(96-79(84)63-57-51-45-40-34-31-28-25-22-21-23-26-29-32-38-43-49-54-60-72(6)9-3)70-94-98(87,88)92-66-73(80)65-91-97(85,86)93-69-74(67-89-76(81)61-55-47-13-11-8-2)95-78(83)64-58-52-46-41-36-35-37-42-48-53-59-71(4)5/h71-75,80H,7-70H2,1-6H3,(H,85,86)(H,87,88)/t72?,73-,74+,75+/m0/s1. The minimum absolute atomic E-state index is 0.105. The van der Waals surface area contributed by atoms with Crippen LogP contribution in [0.2, 0.25) is 0 Å². The summed E-state index contributed by atoms with van der Waals surface area (Å²) in [6.45, 7) is 9.58. The van der Waals surface area contributed by atoms with E-state index in [2.05, 4.69) is 41.5 Å². The Labute approximate surface area is 600 Å². The molecule has 17 nitrogen and oxygen atoms in total. The Bertz CT molecular complexity index is 1890. The summed E-state index contributed by atoms with van der Waals surface area (Å²) in [7, 11) is -9.90. The highest BCUT2D eigenvalue weighted by Gasteiger charge is 2.30. The predicted octanol–water partition coefficient (Wildman–Crippen LogP) is 23.5. The van der Waals surface area contributed by atoms with Crippen molar-refractivity contribution in [3.63, 3.8) is 0 Å². The highest BCUT2D eigenvalue weighted by atomic mass is 31.2. The zero-order valence-corrected chi connectivity index (χ0v) is 65.9. The highest BCUT2D eigenvalue weighted by molar-refractivity contribution is 7.47. The van der Waals surface area contributed by atoms with Crippen molar-refractivity contribution in [3.8, 4) is 0 Å². The summed E-state index contributed by atoms with van der Waals surface area (Å²) in [4.78, 5) is 72.6. The van der Waals surface area contributed by atoms with Gasteiger partial charge in [0.1, 0.15) is 19.3 Å². The summed E-state index contributed by atoms with van der Waals surface area (Å²) in [5.41, 5.74) is 0. The molecule has 0 aromatic rings. The Kier molecular flexibility index (Phi) is 69.3. The number of rotatable bonds is 78. The number of carbonyl (C=O) groups is 4. The van der Waals surface area contributed by atoms with Crippen LogP contribution in [0.5, 0.6) is 0 Å². The number of aliphatic hydroxyl groups excluding tert-OH is 1.